The monoisotopic (exact) mass is 325 g/mol. The summed E-state index contributed by atoms with van der Waals surface area (Å²) < 4.78 is 38.7. The largest absolute Gasteiger partial charge is 0.379 e. The maximum atomic E-state index is 12.8. The average molecular weight is 325 g/mol. The Labute approximate surface area is 132 Å². The summed E-state index contributed by atoms with van der Waals surface area (Å²) in [4.78, 5) is 0.368. The van der Waals surface area contributed by atoms with Crippen LogP contribution in [0.25, 0.3) is 0 Å². The van der Waals surface area contributed by atoms with Gasteiger partial charge in [0.05, 0.1) is 29.8 Å². The van der Waals surface area contributed by atoms with Gasteiger partial charge in [-0.05, 0) is 38.3 Å². The second-order valence-electron chi connectivity index (χ2n) is 5.82. The number of nitrogens with zero attached hydrogens (tertiary/aromatic N) is 1. The first-order valence-electron chi connectivity index (χ1n) is 7.93. The molecule has 1 aromatic carbocycles. The van der Waals surface area contributed by atoms with Gasteiger partial charge >= 0.3 is 0 Å². The molecular weight excluding hydrogens is 302 g/mol. The van der Waals surface area contributed by atoms with Crippen molar-refractivity contribution < 1.29 is 17.9 Å². The van der Waals surface area contributed by atoms with Gasteiger partial charge in [0, 0.05) is 13.2 Å². The van der Waals surface area contributed by atoms with Crippen LogP contribution in [0.15, 0.2) is 35.2 Å². The van der Waals surface area contributed by atoms with Crippen molar-refractivity contribution in [2.45, 2.75) is 49.3 Å². The van der Waals surface area contributed by atoms with Crippen molar-refractivity contribution >= 4 is 10.0 Å². The molecule has 6 heteroatoms. The van der Waals surface area contributed by atoms with E-state index in [4.69, 9.17) is 9.47 Å². The Bertz CT molecular complexity index is 589. The van der Waals surface area contributed by atoms with Crippen molar-refractivity contribution in [3.8, 4) is 0 Å². The molecule has 3 atom stereocenters. The predicted octanol–water partition coefficient (Wildman–Crippen LogP) is 2.03. The van der Waals surface area contributed by atoms with E-state index in [1.807, 2.05) is 13.0 Å². The van der Waals surface area contributed by atoms with Gasteiger partial charge in [-0.15, -0.1) is 0 Å². The Morgan fingerprint density at radius 3 is 2.73 bits per heavy atom. The molecule has 1 aromatic rings. The highest BCUT2D eigenvalue weighted by atomic mass is 32.2. The van der Waals surface area contributed by atoms with Crippen LogP contribution in [0.4, 0.5) is 0 Å². The van der Waals surface area contributed by atoms with E-state index in [-0.39, 0.29) is 18.2 Å². The van der Waals surface area contributed by atoms with Crippen LogP contribution >= 0.6 is 0 Å². The third-order valence-corrected chi connectivity index (χ3v) is 6.38. The lowest BCUT2D eigenvalue weighted by molar-refractivity contribution is -0.0923. The zero-order chi connectivity index (χ0) is 15.6. The normalized spacial score (nSPS) is 29.4. The van der Waals surface area contributed by atoms with Crippen LogP contribution in [0.5, 0.6) is 0 Å². The quantitative estimate of drug-likeness (QED) is 0.831. The predicted molar refractivity (Wildman–Crippen MR) is 83.1 cm³/mol. The van der Waals surface area contributed by atoms with Gasteiger partial charge in [-0.1, -0.05) is 18.2 Å². The smallest absolute Gasteiger partial charge is 0.243 e. The minimum Gasteiger partial charge on any atom is -0.379 e. The lowest BCUT2D eigenvalue weighted by Crippen LogP contribution is -2.45. The molecule has 22 heavy (non-hydrogen) atoms. The Morgan fingerprint density at radius 2 is 2.00 bits per heavy atom. The highest BCUT2D eigenvalue weighted by Crippen LogP contribution is 2.35. The fraction of sp³-hybridized carbons (Fsp3) is 0.625. The summed E-state index contributed by atoms with van der Waals surface area (Å²) >= 11 is 0. The van der Waals surface area contributed by atoms with Crippen LogP contribution in [-0.4, -0.2) is 50.7 Å². The van der Waals surface area contributed by atoms with E-state index in [0.29, 0.717) is 24.7 Å². The summed E-state index contributed by atoms with van der Waals surface area (Å²) in [6.07, 6.45) is 2.55. The van der Waals surface area contributed by atoms with E-state index in [1.54, 1.807) is 28.6 Å². The number of hydrogen-bond donors (Lipinski definition) is 0. The lowest BCUT2D eigenvalue weighted by atomic mass is 10.0. The highest BCUT2D eigenvalue weighted by Gasteiger charge is 2.45. The van der Waals surface area contributed by atoms with Gasteiger partial charge in [0.25, 0.3) is 0 Å². The van der Waals surface area contributed by atoms with Crippen LogP contribution in [0.2, 0.25) is 0 Å². The maximum absolute atomic E-state index is 12.8. The van der Waals surface area contributed by atoms with E-state index in [0.717, 1.165) is 19.3 Å². The Kier molecular flexibility index (Phi) is 4.82. The summed E-state index contributed by atoms with van der Waals surface area (Å²) in [7, 11) is -3.42. The van der Waals surface area contributed by atoms with E-state index >= 15 is 0 Å². The molecule has 0 bridgehead atoms. The summed E-state index contributed by atoms with van der Waals surface area (Å²) in [5.74, 6) is 0. The number of ether oxygens (including phenoxy) is 2. The summed E-state index contributed by atoms with van der Waals surface area (Å²) in [6.45, 7) is 3.79. The molecule has 0 amide bonds. The minimum atomic E-state index is -3.42. The third kappa shape index (κ3) is 3.06. The van der Waals surface area contributed by atoms with E-state index in [9.17, 15) is 8.42 Å². The van der Waals surface area contributed by atoms with Crippen molar-refractivity contribution in [1.82, 2.24) is 4.31 Å². The molecule has 2 saturated heterocycles. The zero-order valence-electron chi connectivity index (χ0n) is 12.8. The molecule has 5 nitrogen and oxygen atoms in total. The van der Waals surface area contributed by atoms with Gasteiger partial charge in [0.2, 0.25) is 10.0 Å². The number of benzene rings is 1. The summed E-state index contributed by atoms with van der Waals surface area (Å²) in [5.41, 5.74) is 0. The molecule has 0 radical (unpaired) electrons. The molecule has 2 aliphatic heterocycles. The third-order valence-electron chi connectivity index (χ3n) is 4.44. The number of rotatable bonds is 5. The lowest BCUT2D eigenvalue weighted by Gasteiger charge is -2.35. The molecule has 122 valence electrons. The second kappa shape index (κ2) is 6.66. The maximum Gasteiger partial charge on any atom is 0.243 e. The van der Waals surface area contributed by atoms with Gasteiger partial charge in [-0.3, -0.25) is 0 Å². The number of sulfonamides is 1. The highest BCUT2D eigenvalue weighted by molar-refractivity contribution is 7.89. The Hall–Kier alpha value is -0.950. The molecule has 0 saturated carbocycles. The molecule has 3 rings (SSSR count). The van der Waals surface area contributed by atoms with Crippen molar-refractivity contribution in [2.24, 2.45) is 0 Å². The van der Waals surface area contributed by atoms with Gasteiger partial charge < -0.3 is 9.47 Å². The fourth-order valence-corrected chi connectivity index (χ4v) is 5.07. The molecule has 0 aromatic heterocycles. The van der Waals surface area contributed by atoms with Crippen molar-refractivity contribution in [1.29, 1.82) is 0 Å². The van der Waals surface area contributed by atoms with Crippen molar-refractivity contribution in [3.63, 3.8) is 0 Å². The van der Waals surface area contributed by atoms with Crippen LogP contribution in [-0.2, 0) is 19.5 Å². The molecule has 2 fully saturated rings. The first kappa shape index (κ1) is 15.9. The average Bonchev–Trinajstić information content (AvgIpc) is 2.97. The fourth-order valence-electron chi connectivity index (χ4n) is 3.36. The van der Waals surface area contributed by atoms with Crippen molar-refractivity contribution in [2.75, 3.05) is 19.8 Å². The van der Waals surface area contributed by atoms with Crippen LogP contribution < -0.4 is 0 Å². The summed E-state index contributed by atoms with van der Waals surface area (Å²) in [5, 5.41) is 0. The molecule has 2 heterocycles. The van der Waals surface area contributed by atoms with E-state index in [1.165, 1.54) is 0 Å². The molecule has 0 unspecified atom stereocenters. The SMILES string of the molecule is CCOC[C@@H]1CC[C@@H]2[C@@H](CCN2S(=O)(=O)c2ccccc2)O1. The van der Waals surface area contributed by atoms with Gasteiger partial charge in [-0.2, -0.15) is 4.31 Å². The van der Waals surface area contributed by atoms with E-state index in [2.05, 4.69) is 0 Å². The standard InChI is InChI=1S/C16H23NO4S/c1-2-20-12-13-8-9-15-16(21-13)10-11-17(15)22(18,19)14-6-4-3-5-7-14/h3-7,13,15-16H,2,8-12H2,1H3/t13-,15+,16+/m0/s1. The topological polar surface area (TPSA) is 55.8 Å². The van der Waals surface area contributed by atoms with Crippen LogP contribution in [0.1, 0.15) is 26.2 Å². The Balaban J connectivity index is 1.71. The molecule has 0 aliphatic carbocycles. The molecule has 2 aliphatic rings. The molecule has 0 N–H and O–H groups in total. The number of hydrogen-bond acceptors (Lipinski definition) is 4. The van der Waals surface area contributed by atoms with Crippen LogP contribution in [0.3, 0.4) is 0 Å². The first-order chi connectivity index (χ1) is 10.6. The van der Waals surface area contributed by atoms with E-state index < -0.39 is 10.0 Å². The van der Waals surface area contributed by atoms with Crippen molar-refractivity contribution in [3.05, 3.63) is 30.3 Å². The zero-order valence-corrected chi connectivity index (χ0v) is 13.7. The minimum absolute atomic E-state index is 0.00214. The van der Waals surface area contributed by atoms with Gasteiger partial charge in [0.15, 0.2) is 0 Å². The summed E-state index contributed by atoms with van der Waals surface area (Å²) in [6, 6.07) is 8.62. The van der Waals surface area contributed by atoms with Gasteiger partial charge in [0.1, 0.15) is 0 Å². The molecule has 0 spiro atoms. The van der Waals surface area contributed by atoms with Gasteiger partial charge in [-0.25, -0.2) is 8.42 Å². The van der Waals surface area contributed by atoms with Crippen LogP contribution in [0, 0.1) is 0 Å². The number of fused-ring (bicyclic) bond motifs is 1. The Morgan fingerprint density at radius 1 is 1.23 bits per heavy atom. The second-order valence-corrected chi connectivity index (χ2v) is 7.71. The molecular formula is C16H23NO4S. The first-order valence-corrected chi connectivity index (χ1v) is 9.37.